The Morgan fingerprint density at radius 1 is 1.19 bits per heavy atom. The minimum atomic E-state index is -0.794. The van der Waals surface area contributed by atoms with E-state index >= 15 is 8.78 Å². The van der Waals surface area contributed by atoms with Crippen molar-refractivity contribution in [3.05, 3.63) is 40.7 Å². The molecule has 13 heteroatoms. The second kappa shape index (κ2) is 9.52. The van der Waals surface area contributed by atoms with Crippen molar-refractivity contribution in [2.45, 2.75) is 45.6 Å². The summed E-state index contributed by atoms with van der Waals surface area (Å²) in [5.41, 5.74) is 0.763. The van der Waals surface area contributed by atoms with Crippen LogP contribution in [0.5, 0.6) is 0 Å². The van der Waals surface area contributed by atoms with E-state index in [2.05, 4.69) is 43.2 Å². The van der Waals surface area contributed by atoms with Crippen LogP contribution >= 0.6 is 11.3 Å². The minimum absolute atomic E-state index is 0.0324. The van der Waals surface area contributed by atoms with Gasteiger partial charge in [-0.1, -0.05) is 0 Å². The molecule has 0 saturated carbocycles. The highest BCUT2D eigenvalue weighted by molar-refractivity contribution is 7.23. The number of likely N-dealkylation sites (N-methyl/N-ethyl adjacent to an activating group) is 1. The van der Waals surface area contributed by atoms with Crippen molar-refractivity contribution < 1.29 is 23.0 Å². The van der Waals surface area contributed by atoms with Gasteiger partial charge in [0.1, 0.15) is 22.2 Å². The van der Waals surface area contributed by atoms with Gasteiger partial charge < -0.3 is 19.3 Å². The number of nitriles is 1. The quantitative estimate of drug-likeness (QED) is 0.344. The lowest BCUT2D eigenvalue weighted by molar-refractivity contribution is 0.0636. The molecule has 3 aliphatic heterocycles. The van der Waals surface area contributed by atoms with Gasteiger partial charge in [0.15, 0.2) is 11.6 Å². The molecule has 2 fully saturated rings. The van der Waals surface area contributed by atoms with Gasteiger partial charge in [-0.05, 0) is 38.9 Å². The standard InChI is InChI=1S/C29H27F2N7O3S/c1-29(2,3)41-28(39)36-26-14(5-32)21-24(33-7-18(30)25(21)42-26)20-17-12-40-11-16(17)15-6-34-27(35-23(15)22(20)31)38-9-13-8-37(4)19(13)10-38/h6-7,13,19H,8-12H2,1-4H3,(H,36,39)/t13-,19+/m1/s1. The number of carbonyl (C=O) groups is 1. The molecule has 42 heavy (non-hydrogen) atoms. The van der Waals surface area contributed by atoms with E-state index < -0.39 is 23.3 Å². The Balaban J connectivity index is 1.39. The van der Waals surface area contributed by atoms with Crippen molar-refractivity contribution in [3.8, 4) is 17.3 Å². The Morgan fingerprint density at radius 2 is 1.98 bits per heavy atom. The maximum atomic E-state index is 16.7. The van der Waals surface area contributed by atoms with E-state index in [1.165, 1.54) is 0 Å². The summed E-state index contributed by atoms with van der Waals surface area (Å²) in [5.74, 6) is -0.358. The summed E-state index contributed by atoms with van der Waals surface area (Å²) in [5, 5.41) is 13.4. The van der Waals surface area contributed by atoms with E-state index in [1.807, 2.05) is 0 Å². The van der Waals surface area contributed by atoms with Crippen LogP contribution in [0.3, 0.4) is 0 Å². The van der Waals surface area contributed by atoms with Gasteiger partial charge >= 0.3 is 6.09 Å². The molecular formula is C29H27F2N7O3S. The van der Waals surface area contributed by atoms with Gasteiger partial charge in [0.05, 0.1) is 35.4 Å². The summed E-state index contributed by atoms with van der Waals surface area (Å²) in [7, 11) is 2.09. The number of anilines is 2. The van der Waals surface area contributed by atoms with Crippen molar-refractivity contribution in [3.63, 3.8) is 0 Å². The van der Waals surface area contributed by atoms with Gasteiger partial charge in [-0.2, -0.15) is 5.26 Å². The molecule has 6 heterocycles. The maximum Gasteiger partial charge on any atom is 0.412 e. The molecule has 1 N–H and O–H groups in total. The number of likely N-dealkylation sites (tertiary alicyclic amines) is 1. The Bertz CT molecular complexity index is 1850. The highest BCUT2D eigenvalue weighted by Gasteiger charge is 2.44. The highest BCUT2D eigenvalue weighted by atomic mass is 32.1. The summed E-state index contributed by atoms with van der Waals surface area (Å²) < 4.78 is 42.9. The van der Waals surface area contributed by atoms with Gasteiger partial charge in [-0.25, -0.2) is 23.5 Å². The molecule has 216 valence electrons. The van der Waals surface area contributed by atoms with Crippen LogP contribution in [0.15, 0.2) is 12.4 Å². The monoisotopic (exact) mass is 591 g/mol. The summed E-state index contributed by atoms with van der Waals surface area (Å²) in [6.45, 7) is 8.03. The van der Waals surface area contributed by atoms with Crippen LogP contribution in [0.25, 0.3) is 32.2 Å². The Labute approximate surface area is 243 Å². The van der Waals surface area contributed by atoms with E-state index in [-0.39, 0.29) is 50.6 Å². The molecule has 3 aromatic heterocycles. The molecule has 0 aliphatic carbocycles. The number of hydrogen-bond donors (Lipinski definition) is 1. The third-order valence-corrected chi connectivity index (χ3v) is 9.21. The molecule has 0 radical (unpaired) electrons. The zero-order chi connectivity index (χ0) is 29.5. The third kappa shape index (κ3) is 4.16. The molecule has 2 saturated heterocycles. The maximum absolute atomic E-state index is 16.7. The third-order valence-electron chi connectivity index (χ3n) is 8.10. The van der Waals surface area contributed by atoms with Crippen molar-refractivity contribution >= 4 is 49.4 Å². The van der Waals surface area contributed by atoms with Crippen molar-refractivity contribution in [1.29, 1.82) is 5.26 Å². The second-order valence-electron chi connectivity index (χ2n) is 11.9. The zero-order valence-corrected chi connectivity index (χ0v) is 24.2. The summed E-state index contributed by atoms with van der Waals surface area (Å²) in [6, 6.07) is 2.49. The summed E-state index contributed by atoms with van der Waals surface area (Å²) in [4.78, 5) is 30.5. The van der Waals surface area contributed by atoms with Crippen molar-refractivity contribution in [2.75, 3.05) is 36.9 Å². The molecule has 0 bridgehead atoms. The zero-order valence-electron chi connectivity index (χ0n) is 23.4. The fourth-order valence-electron chi connectivity index (χ4n) is 6.22. The topological polar surface area (TPSA) is 116 Å². The number of nitrogens with one attached hydrogen (secondary N) is 1. The number of benzene rings is 1. The Hall–Kier alpha value is -3.99. The first kappa shape index (κ1) is 26.9. The molecular weight excluding hydrogens is 564 g/mol. The Morgan fingerprint density at radius 3 is 2.69 bits per heavy atom. The molecule has 1 amide bonds. The number of fused-ring (bicyclic) bond motifs is 5. The van der Waals surface area contributed by atoms with Crippen LogP contribution in [0.4, 0.5) is 24.5 Å². The van der Waals surface area contributed by atoms with E-state index in [1.54, 1.807) is 27.0 Å². The molecule has 1 aromatic carbocycles. The molecule has 7 rings (SSSR count). The first-order valence-electron chi connectivity index (χ1n) is 13.6. The van der Waals surface area contributed by atoms with Crippen molar-refractivity contribution in [1.82, 2.24) is 19.9 Å². The number of pyridine rings is 1. The Kier molecular flexibility index (Phi) is 6.09. The van der Waals surface area contributed by atoms with E-state index in [9.17, 15) is 10.1 Å². The summed E-state index contributed by atoms with van der Waals surface area (Å²) in [6.07, 6.45) is 1.85. The fraction of sp³-hybridized carbons (Fsp3) is 0.414. The number of aromatic nitrogens is 3. The first-order valence-corrected chi connectivity index (χ1v) is 14.4. The predicted molar refractivity (Wildman–Crippen MR) is 153 cm³/mol. The number of hydrogen-bond acceptors (Lipinski definition) is 10. The molecule has 0 spiro atoms. The van der Waals surface area contributed by atoms with Crippen LogP contribution in [0.1, 0.15) is 37.5 Å². The number of carbonyl (C=O) groups excluding carboxylic acids is 1. The number of ether oxygens (including phenoxy) is 2. The van der Waals surface area contributed by atoms with Gasteiger partial charge in [0, 0.05) is 54.1 Å². The van der Waals surface area contributed by atoms with E-state index in [0.29, 0.717) is 28.9 Å². The van der Waals surface area contributed by atoms with Gasteiger partial charge in [-0.3, -0.25) is 10.3 Å². The lowest BCUT2D eigenvalue weighted by atomic mass is 9.93. The molecule has 0 unspecified atom stereocenters. The highest BCUT2D eigenvalue weighted by Crippen LogP contribution is 2.46. The second-order valence-corrected chi connectivity index (χ2v) is 13.0. The average molecular weight is 592 g/mol. The minimum Gasteiger partial charge on any atom is -0.444 e. The van der Waals surface area contributed by atoms with E-state index in [0.717, 1.165) is 42.7 Å². The average Bonchev–Trinajstić information content (AvgIpc) is 3.64. The van der Waals surface area contributed by atoms with Crippen LogP contribution in [-0.4, -0.2) is 64.3 Å². The predicted octanol–water partition coefficient (Wildman–Crippen LogP) is 5.18. The lowest BCUT2D eigenvalue weighted by Gasteiger charge is -2.40. The number of halogens is 2. The number of nitrogens with zero attached hydrogens (tertiary/aromatic N) is 6. The van der Waals surface area contributed by atoms with Crippen molar-refractivity contribution in [2.24, 2.45) is 5.92 Å². The first-order chi connectivity index (χ1) is 20.0. The van der Waals surface area contributed by atoms with Crippen LogP contribution in [0.2, 0.25) is 0 Å². The van der Waals surface area contributed by atoms with Crippen LogP contribution in [-0.2, 0) is 22.7 Å². The number of amides is 1. The molecule has 4 aromatic rings. The number of rotatable bonds is 3. The summed E-state index contributed by atoms with van der Waals surface area (Å²) >= 11 is 0.867. The smallest absolute Gasteiger partial charge is 0.412 e. The molecule has 10 nitrogen and oxygen atoms in total. The molecule has 2 atom stereocenters. The number of thiophene rings is 1. The molecule has 3 aliphatic rings. The van der Waals surface area contributed by atoms with Gasteiger partial charge in [0.2, 0.25) is 5.95 Å². The van der Waals surface area contributed by atoms with Crippen LogP contribution in [0, 0.1) is 28.9 Å². The normalized spacial score (nSPS) is 20.0. The van der Waals surface area contributed by atoms with Gasteiger partial charge in [-0.15, -0.1) is 11.3 Å². The van der Waals surface area contributed by atoms with Crippen LogP contribution < -0.4 is 10.2 Å². The fourth-order valence-corrected chi connectivity index (χ4v) is 7.26. The SMILES string of the molecule is CN1C[C@@H]2CN(c3ncc4c5c(c(-c6ncc(F)c7sc(NC(=O)OC(C)(C)C)c(C#N)c67)c(F)c4n3)COC5)C[C@@H]21. The lowest BCUT2D eigenvalue weighted by Crippen LogP contribution is -2.52. The van der Waals surface area contributed by atoms with Gasteiger partial charge in [0.25, 0.3) is 0 Å². The largest absolute Gasteiger partial charge is 0.444 e. The van der Waals surface area contributed by atoms with E-state index in [4.69, 9.17) is 9.47 Å².